The average Bonchev–Trinajstić information content (AvgIpc) is 1.83. The van der Waals surface area contributed by atoms with Crippen LogP contribution >= 0.6 is 23.2 Å². The normalized spacial score (nSPS) is 14.2. The molecule has 4 heteroatoms. The zero-order chi connectivity index (χ0) is 7.28. The number of hydrogen-bond donors (Lipinski definition) is 0. The molecule has 0 heterocycles. The van der Waals surface area contributed by atoms with Crippen LogP contribution in [0.2, 0.25) is 0 Å². The second-order valence-corrected chi connectivity index (χ2v) is 2.41. The molecule has 9 heavy (non-hydrogen) atoms. The van der Waals surface area contributed by atoms with E-state index < -0.39 is 0 Å². The van der Waals surface area contributed by atoms with E-state index in [0.717, 1.165) is 0 Å². The Kier molecular flexibility index (Phi) is 4.72. The van der Waals surface area contributed by atoms with E-state index in [0.29, 0.717) is 16.8 Å². The first-order valence-electron chi connectivity index (χ1n) is 2.59. The second-order valence-electron chi connectivity index (χ2n) is 1.43. The molecule has 0 aliphatic heterocycles. The van der Waals surface area contributed by atoms with E-state index in [9.17, 15) is 0 Å². The minimum atomic E-state index is 0.390. The molecular weight excluding hydrogens is 159 g/mol. The maximum absolute atomic E-state index is 5.49. The van der Waals surface area contributed by atoms with Crippen LogP contribution in [0, 0.1) is 0 Å². The maximum atomic E-state index is 5.49. The minimum absolute atomic E-state index is 0.390. The van der Waals surface area contributed by atoms with Gasteiger partial charge in [0.1, 0.15) is 10.3 Å². The van der Waals surface area contributed by atoms with Gasteiger partial charge in [-0.15, -0.1) is 10.2 Å². The first kappa shape index (κ1) is 8.92. The van der Waals surface area contributed by atoms with E-state index in [1.54, 1.807) is 6.92 Å². The Hall–Kier alpha value is -0.0800. The quantitative estimate of drug-likeness (QED) is 0.446. The molecule has 0 bridgehead atoms. The van der Waals surface area contributed by atoms with Crippen molar-refractivity contribution in [2.24, 2.45) is 10.2 Å². The van der Waals surface area contributed by atoms with Gasteiger partial charge >= 0.3 is 0 Å². The van der Waals surface area contributed by atoms with Gasteiger partial charge < -0.3 is 0 Å². The fourth-order valence-electron chi connectivity index (χ4n) is 0.194. The predicted molar refractivity (Wildman–Crippen MR) is 42.5 cm³/mol. The highest BCUT2D eigenvalue weighted by molar-refractivity contribution is 6.66. The van der Waals surface area contributed by atoms with E-state index >= 15 is 0 Å². The number of nitrogens with zero attached hydrogens (tertiary/aromatic N) is 2. The molecule has 0 aromatic carbocycles. The van der Waals surface area contributed by atoms with Crippen molar-refractivity contribution in [3.63, 3.8) is 0 Å². The fraction of sp³-hybridized carbons (Fsp3) is 0.600. The van der Waals surface area contributed by atoms with Gasteiger partial charge in [0.2, 0.25) is 0 Å². The van der Waals surface area contributed by atoms with Crippen molar-refractivity contribution in [2.45, 2.75) is 20.3 Å². The molecule has 0 saturated heterocycles. The Bertz CT molecular complexity index is 136. The SMILES string of the molecule is CC/C(Cl)=N\N=C(/C)Cl. The summed E-state index contributed by atoms with van der Waals surface area (Å²) >= 11 is 10.9. The van der Waals surface area contributed by atoms with Crippen LogP contribution in [0.1, 0.15) is 20.3 Å². The van der Waals surface area contributed by atoms with Crippen molar-refractivity contribution in [3.8, 4) is 0 Å². The van der Waals surface area contributed by atoms with E-state index in [2.05, 4.69) is 10.2 Å². The molecule has 0 fully saturated rings. The monoisotopic (exact) mass is 166 g/mol. The van der Waals surface area contributed by atoms with E-state index in [1.807, 2.05) is 6.92 Å². The molecule has 2 nitrogen and oxygen atoms in total. The Morgan fingerprint density at radius 1 is 1.33 bits per heavy atom. The highest BCUT2D eigenvalue weighted by atomic mass is 35.5. The molecule has 0 rings (SSSR count). The zero-order valence-corrected chi connectivity index (χ0v) is 6.87. The van der Waals surface area contributed by atoms with Crippen LogP contribution in [0.15, 0.2) is 10.2 Å². The fourth-order valence-corrected chi connectivity index (χ4v) is 0.269. The lowest BCUT2D eigenvalue weighted by molar-refractivity contribution is 1.20. The molecule has 0 atom stereocenters. The molecule has 0 N–H and O–H groups in total. The Morgan fingerprint density at radius 2 is 1.89 bits per heavy atom. The van der Waals surface area contributed by atoms with E-state index in [-0.39, 0.29) is 0 Å². The highest BCUT2D eigenvalue weighted by Gasteiger charge is 1.85. The van der Waals surface area contributed by atoms with E-state index in [1.165, 1.54) is 0 Å². The van der Waals surface area contributed by atoms with Gasteiger partial charge in [0, 0.05) is 0 Å². The van der Waals surface area contributed by atoms with Gasteiger partial charge in [0.15, 0.2) is 0 Å². The van der Waals surface area contributed by atoms with Gasteiger partial charge in [0.25, 0.3) is 0 Å². The molecule has 0 spiro atoms. The van der Waals surface area contributed by atoms with Crippen LogP contribution in [-0.2, 0) is 0 Å². The molecule has 0 radical (unpaired) electrons. The van der Waals surface area contributed by atoms with Crippen LogP contribution in [0.3, 0.4) is 0 Å². The molecular formula is C5H8Cl2N2. The lowest BCUT2D eigenvalue weighted by Crippen LogP contribution is -1.81. The summed E-state index contributed by atoms with van der Waals surface area (Å²) in [5.74, 6) is 0. The maximum Gasteiger partial charge on any atom is 0.128 e. The minimum Gasteiger partial charge on any atom is -0.142 e. The molecule has 0 aliphatic carbocycles. The standard InChI is InChI=1S/C5H8Cl2N2/c1-3-5(7)9-8-4(2)6/h3H2,1-2H3/b8-4+,9-5+. The second kappa shape index (κ2) is 4.77. The molecule has 0 saturated carbocycles. The molecule has 0 unspecified atom stereocenters. The highest BCUT2D eigenvalue weighted by Crippen LogP contribution is 1.93. The van der Waals surface area contributed by atoms with Crippen molar-refractivity contribution in [1.82, 2.24) is 0 Å². The summed E-state index contributed by atoms with van der Waals surface area (Å²) in [6.45, 7) is 3.54. The van der Waals surface area contributed by atoms with Gasteiger partial charge in [0.05, 0.1) is 0 Å². The summed E-state index contributed by atoms with van der Waals surface area (Å²) in [7, 11) is 0. The first-order chi connectivity index (χ1) is 4.16. The van der Waals surface area contributed by atoms with Gasteiger partial charge in [-0.25, -0.2) is 0 Å². The lowest BCUT2D eigenvalue weighted by atomic mass is 10.5. The summed E-state index contributed by atoms with van der Waals surface area (Å²) < 4.78 is 0. The molecule has 52 valence electrons. The first-order valence-corrected chi connectivity index (χ1v) is 3.34. The van der Waals surface area contributed by atoms with Crippen LogP contribution < -0.4 is 0 Å². The van der Waals surface area contributed by atoms with Crippen molar-refractivity contribution >= 4 is 33.5 Å². The van der Waals surface area contributed by atoms with Crippen LogP contribution in [0.25, 0.3) is 0 Å². The summed E-state index contributed by atoms with van der Waals surface area (Å²) in [4.78, 5) is 0. The van der Waals surface area contributed by atoms with Crippen LogP contribution in [0.4, 0.5) is 0 Å². The third-order valence-electron chi connectivity index (χ3n) is 0.588. The van der Waals surface area contributed by atoms with Crippen molar-refractivity contribution < 1.29 is 0 Å². The Morgan fingerprint density at radius 3 is 2.22 bits per heavy atom. The van der Waals surface area contributed by atoms with Gasteiger partial charge in [-0.1, -0.05) is 30.1 Å². The van der Waals surface area contributed by atoms with Gasteiger partial charge in [-0.05, 0) is 13.3 Å². The number of halogens is 2. The topological polar surface area (TPSA) is 24.7 Å². The molecule has 0 aromatic rings. The van der Waals surface area contributed by atoms with E-state index in [4.69, 9.17) is 23.2 Å². The summed E-state index contributed by atoms with van der Waals surface area (Å²) in [6.07, 6.45) is 0.690. The molecule has 0 aliphatic rings. The smallest absolute Gasteiger partial charge is 0.128 e. The number of rotatable bonds is 2. The molecule has 0 amide bonds. The van der Waals surface area contributed by atoms with Crippen molar-refractivity contribution in [1.29, 1.82) is 0 Å². The summed E-state index contributed by atoms with van der Waals surface area (Å²) in [6, 6.07) is 0. The summed E-state index contributed by atoms with van der Waals surface area (Å²) in [5, 5.41) is 7.97. The Labute approximate surface area is 64.6 Å². The third-order valence-corrected chi connectivity index (χ3v) is 1.01. The van der Waals surface area contributed by atoms with Crippen LogP contribution in [-0.4, -0.2) is 10.3 Å². The van der Waals surface area contributed by atoms with Gasteiger partial charge in [-0.3, -0.25) is 0 Å². The molecule has 0 aromatic heterocycles. The van der Waals surface area contributed by atoms with Crippen LogP contribution in [0.5, 0.6) is 0 Å². The third kappa shape index (κ3) is 5.80. The Balaban J connectivity index is 3.83. The predicted octanol–water partition coefficient (Wildman–Crippen LogP) is 2.61. The van der Waals surface area contributed by atoms with Gasteiger partial charge in [-0.2, -0.15) is 0 Å². The lowest BCUT2D eigenvalue weighted by Gasteiger charge is -1.84. The largest absolute Gasteiger partial charge is 0.142 e. The zero-order valence-electron chi connectivity index (χ0n) is 5.36. The average molecular weight is 167 g/mol. The number of hydrogen-bond acceptors (Lipinski definition) is 2. The van der Waals surface area contributed by atoms with Crippen molar-refractivity contribution in [2.75, 3.05) is 0 Å². The summed E-state index contributed by atoms with van der Waals surface area (Å²) in [5.41, 5.74) is 0. The van der Waals surface area contributed by atoms with Crippen molar-refractivity contribution in [3.05, 3.63) is 0 Å².